The van der Waals surface area contributed by atoms with Crippen LogP contribution in [0.2, 0.25) is 0 Å². The van der Waals surface area contributed by atoms with Gasteiger partial charge in [0.1, 0.15) is 0 Å². The van der Waals surface area contributed by atoms with Gasteiger partial charge < -0.3 is 9.47 Å². The van der Waals surface area contributed by atoms with E-state index in [4.69, 9.17) is 9.47 Å². The average Bonchev–Trinajstić information content (AvgIpc) is 3.15. The quantitative estimate of drug-likeness (QED) is 0.687. The first-order chi connectivity index (χ1) is 11.5. The number of allylic oxidation sites excluding steroid dienone is 4. The molecule has 1 fully saturated rings. The molecule has 2 nitrogen and oxygen atoms in total. The number of ether oxygens (including phenoxy) is 2. The lowest BCUT2D eigenvalue weighted by Crippen LogP contribution is -2.09. The molecule has 0 unspecified atom stereocenters. The zero-order valence-corrected chi connectivity index (χ0v) is 13.3. The lowest BCUT2D eigenvalue weighted by Gasteiger charge is -2.20. The van der Waals surface area contributed by atoms with E-state index in [1.807, 2.05) is 6.08 Å². The van der Waals surface area contributed by atoms with Crippen LogP contribution in [0, 0.1) is 5.92 Å². The fraction of sp³-hybridized carbons (Fsp3) is 0.474. The zero-order valence-electron chi connectivity index (χ0n) is 13.3. The van der Waals surface area contributed by atoms with Gasteiger partial charge in [-0.2, -0.15) is 13.2 Å². The molecule has 1 heterocycles. The third-order valence-electron chi connectivity index (χ3n) is 5.11. The number of fused-ring (bicyclic) bond motifs is 2. The maximum absolute atomic E-state index is 13.4. The molecule has 5 heteroatoms. The van der Waals surface area contributed by atoms with Crippen molar-refractivity contribution in [2.24, 2.45) is 5.92 Å². The summed E-state index contributed by atoms with van der Waals surface area (Å²) in [6, 6.07) is 3.14. The molecule has 1 saturated carbocycles. The highest BCUT2D eigenvalue weighted by Gasteiger charge is 2.40. The van der Waals surface area contributed by atoms with Gasteiger partial charge in [0.05, 0.1) is 5.57 Å². The molecular weight excluding hydrogens is 317 g/mol. The van der Waals surface area contributed by atoms with Crippen molar-refractivity contribution in [3.63, 3.8) is 0 Å². The molecule has 1 aliphatic heterocycles. The average molecular weight is 336 g/mol. The van der Waals surface area contributed by atoms with Crippen molar-refractivity contribution in [3.8, 4) is 11.5 Å². The molecular formula is C19H19F3O2. The molecule has 1 aromatic rings. The van der Waals surface area contributed by atoms with Crippen molar-refractivity contribution < 1.29 is 22.6 Å². The Hall–Kier alpha value is -1.91. The molecule has 4 rings (SSSR count). The Labute approximate surface area is 139 Å². The Bertz CT molecular complexity index is 710. The second kappa shape index (κ2) is 5.87. The number of benzene rings is 1. The van der Waals surface area contributed by atoms with Gasteiger partial charge in [0.15, 0.2) is 11.5 Å². The van der Waals surface area contributed by atoms with Gasteiger partial charge in [-0.3, -0.25) is 0 Å². The molecule has 3 aliphatic rings. The van der Waals surface area contributed by atoms with Crippen LogP contribution in [-0.4, -0.2) is 13.0 Å². The number of halogens is 3. The summed E-state index contributed by atoms with van der Waals surface area (Å²) >= 11 is 0. The first-order valence-corrected chi connectivity index (χ1v) is 8.46. The molecule has 0 spiro atoms. The van der Waals surface area contributed by atoms with E-state index in [1.54, 1.807) is 6.07 Å². The Morgan fingerprint density at radius 2 is 1.67 bits per heavy atom. The first kappa shape index (κ1) is 15.6. The van der Waals surface area contributed by atoms with Crippen LogP contribution in [0.1, 0.15) is 49.7 Å². The van der Waals surface area contributed by atoms with E-state index in [9.17, 15) is 13.2 Å². The van der Waals surface area contributed by atoms with Gasteiger partial charge in [-0.1, -0.05) is 38.2 Å². The highest BCUT2D eigenvalue weighted by atomic mass is 19.4. The summed E-state index contributed by atoms with van der Waals surface area (Å²) in [4.78, 5) is 0. The van der Waals surface area contributed by atoms with Gasteiger partial charge >= 0.3 is 6.18 Å². The minimum atomic E-state index is -4.37. The highest BCUT2D eigenvalue weighted by molar-refractivity contribution is 5.98. The highest BCUT2D eigenvalue weighted by Crippen LogP contribution is 2.49. The van der Waals surface area contributed by atoms with Crippen LogP contribution >= 0.6 is 0 Å². The number of rotatable bonds is 2. The van der Waals surface area contributed by atoms with E-state index < -0.39 is 11.7 Å². The molecule has 0 atom stereocenters. The monoisotopic (exact) mass is 336 g/mol. The predicted molar refractivity (Wildman–Crippen MR) is 85.8 cm³/mol. The van der Waals surface area contributed by atoms with Crippen LogP contribution in [0.5, 0.6) is 11.5 Å². The van der Waals surface area contributed by atoms with Crippen molar-refractivity contribution in [1.29, 1.82) is 0 Å². The summed E-state index contributed by atoms with van der Waals surface area (Å²) in [6.45, 7) is 0.0599. The summed E-state index contributed by atoms with van der Waals surface area (Å²) in [5.41, 5.74) is 0.857. The van der Waals surface area contributed by atoms with Crippen LogP contribution in [0.4, 0.5) is 13.2 Å². The Morgan fingerprint density at radius 1 is 1.00 bits per heavy atom. The lowest BCUT2D eigenvalue weighted by molar-refractivity contribution is -0.0687. The van der Waals surface area contributed by atoms with Crippen molar-refractivity contribution >= 4 is 11.1 Å². The topological polar surface area (TPSA) is 18.5 Å². The Morgan fingerprint density at radius 3 is 2.33 bits per heavy atom. The van der Waals surface area contributed by atoms with Gasteiger partial charge in [0.25, 0.3) is 0 Å². The van der Waals surface area contributed by atoms with Crippen LogP contribution in [0.15, 0.2) is 24.3 Å². The van der Waals surface area contributed by atoms with Gasteiger partial charge in [0, 0.05) is 0 Å². The third kappa shape index (κ3) is 2.80. The number of hydrogen-bond donors (Lipinski definition) is 0. The van der Waals surface area contributed by atoms with E-state index in [-0.39, 0.29) is 12.4 Å². The van der Waals surface area contributed by atoms with Gasteiger partial charge in [-0.25, -0.2) is 0 Å². The molecule has 2 aliphatic carbocycles. The summed E-state index contributed by atoms with van der Waals surface area (Å²) < 4.78 is 50.7. The third-order valence-corrected chi connectivity index (χ3v) is 5.11. The molecule has 0 amide bonds. The zero-order chi connectivity index (χ0) is 16.7. The molecule has 0 N–H and O–H groups in total. The number of hydrogen-bond acceptors (Lipinski definition) is 2. The SMILES string of the molecule is FC(F)(F)C1=C/C(=C\CC2CCCCC2)c2cc3c(cc21)OCO3. The summed E-state index contributed by atoms with van der Waals surface area (Å²) in [5, 5.41) is 0. The normalized spacial score (nSPS) is 22.0. The van der Waals surface area contributed by atoms with E-state index in [2.05, 4.69) is 0 Å². The maximum atomic E-state index is 13.4. The van der Waals surface area contributed by atoms with Gasteiger partial charge in [0.2, 0.25) is 6.79 Å². The molecule has 0 saturated heterocycles. The van der Waals surface area contributed by atoms with E-state index in [0.29, 0.717) is 28.6 Å². The first-order valence-electron chi connectivity index (χ1n) is 8.46. The molecule has 0 aromatic heterocycles. The fourth-order valence-electron chi connectivity index (χ4n) is 3.83. The van der Waals surface area contributed by atoms with Crippen molar-refractivity contribution in [2.75, 3.05) is 6.79 Å². The molecule has 24 heavy (non-hydrogen) atoms. The van der Waals surface area contributed by atoms with E-state index >= 15 is 0 Å². The second-order valence-electron chi connectivity index (χ2n) is 6.71. The Kier molecular flexibility index (Phi) is 3.82. The molecule has 1 aromatic carbocycles. The second-order valence-corrected chi connectivity index (χ2v) is 6.71. The lowest BCUT2D eigenvalue weighted by atomic mass is 9.86. The summed E-state index contributed by atoms with van der Waals surface area (Å²) in [5.74, 6) is 1.50. The van der Waals surface area contributed by atoms with Gasteiger partial charge in [-0.05, 0) is 47.2 Å². The smallest absolute Gasteiger partial charge is 0.417 e. The van der Waals surface area contributed by atoms with Crippen LogP contribution in [0.25, 0.3) is 11.1 Å². The summed E-state index contributed by atoms with van der Waals surface area (Å²) in [7, 11) is 0. The minimum absolute atomic E-state index is 0.0599. The van der Waals surface area contributed by atoms with Crippen LogP contribution < -0.4 is 9.47 Å². The Balaban J connectivity index is 1.69. The van der Waals surface area contributed by atoms with Crippen LogP contribution in [0.3, 0.4) is 0 Å². The largest absolute Gasteiger partial charge is 0.454 e. The van der Waals surface area contributed by atoms with Crippen molar-refractivity contribution in [1.82, 2.24) is 0 Å². The minimum Gasteiger partial charge on any atom is -0.454 e. The van der Waals surface area contributed by atoms with E-state index in [0.717, 1.165) is 6.42 Å². The predicted octanol–water partition coefficient (Wildman–Crippen LogP) is 5.73. The molecule has 0 bridgehead atoms. The van der Waals surface area contributed by atoms with Gasteiger partial charge in [-0.15, -0.1) is 0 Å². The number of alkyl halides is 3. The van der Waals surface area contributed by atoms with Crippen molar-refractivity contribution in [3.05, 3.63) is 35.4 Å². The maximum Gasteiger partial charge on any atom is 0.417 e. The molecule has 128 valence electrons. The molecule has 0 radical (unpaired) electrons. The summed E-state index contributed by atoms with van der Waals surface area (Å²) in [6.07, 6.45) is 5.78. The van der Waals surface area contributed by atoms with Crippen LogP contribution in [-0.2, 0) is 0 Å². The fourth-order valence-corrected chi connectivity index (χ4v) is 3.83. The standard InChI is InChI=1S/C19H19F3O2/c20-19(21,22)16-8-13(7-6-12-4-2-1-3-5-12)14-9-17-18(10-15(14)16)24-11-23-17/h7-10,12H,1-6,11H2/b13-7+. The van der Waals surface area contributed by atoms with Crippen molar-refractivity contribution in [2.45, 2.75) is 44.7 Å². The van der Waals surface area contributed by atoms with E-state index in [1.165, 1.54) is 44.2 Å².